The molecule has 105 valence electrons. The second-order valence-electron chi connectivity index (χ2n) is 0. The molecule has 7 N–H and O–H groups in total. The van der Waals surface area contributed by atoms with Gasteiger partial charge in [0.1, 0.15) is 0 Å². The van der Waals surface area contributed by atoms with Crippen LogP contribution in [0.1, 0.15) is 0 Å². The van der Waals surface area contributed by atoms with Crippen molar-refractivity contribution in [3.05, 3.63) is 0 Å². The van der Waals surface area contributed by atoms with Gasteiger partial charge in [0.15, 0.2) is 0 Å². The fourth-order valence-electron chi connectivity index (χ4n) is 0. The summed E-state index contributed by atoms with van der Waals surface area (Å²) in [4.78, 5) is 0. The first-order valence-corrected chi connectivity index (χ1v) is 3.13. The van der Waals surface area contributed by atoms with Gasteiger partial charge in [0.2, 0.25) is 0 Å². The zero-order chi connectivity index (χ0) is 14.0. The molecule has 0 aliphatic rings. The quantitative estimate of drug-likeness (QED) is 0.230. The van der Waals surface area contributed by atoms with Crippen LogP contribution < -0.4 is 0 Å². The third-order valence-electron chi connectivity index (χ3n) is 0. The molecule has 0 heterocycles. The van der Waals surface area contributed by atoms with Crippen LogP contribution in [-0.4, -0.2) is 85.5 Å². The van der Waals surface area contributed by atoms with E-state index >= 15 is 0 Å². The van der Waals surface area contributed by atoms with E-state index in [1.807, 2.05) is 0 Å². The fourth-order valence-corrected chi connectivity index (χ4v) is 0. The first kappa shape index (κ1) is 58.4. The van der Waals surface area contributed by atoms with Gasteiger partial charge in [0, 0.05) is 70.2 Å². The van der Waals surface area contributed by atoms with Gasteiger partial charge in [-0.25, -0.2) is 0 Å². The summed E-state index contributed by atoms with van der Waals surface area (Å²) in [5.41, 5.74) is 0. The van der Waals surface area contributed by atoms with Crippen LogP contribution >= 0.6 is 0 Å². The van der Waals surface area contributed by atoms with Crippen molar-refractivity contribution in [2.45, 2.75) is 0 Å². The largest absolute Gasteiger partial charge is 0.400 e. The Morgan fingerprint density at radius 1 is 0.267 bits per heavy atom. The van der Waals surface area contributed by atoms with Gasteiger partial charge in [-0.2, -0.15) is 0 Å². The summed E-state index contributed by atoms with van der Waals surface area (Å²) < 4.78 is 0. The van der Waals surface area contributed by atoms with Crippen LogP contribution in [0, 0.1) is 0 Å². The second-order valence-corrected chi connectivity index (χ2v) is 0. The average Bonchev–Trinajstić information content (AvgIpc) is 2.45. The molecule has 0 bridgehead atoms. The van der Waals surface area contributed by atoms with E-state index in [0.29, 0.717) is 0 Å². The first-order valence-electron chi connectivity index (χ1n) is 3.13. The molecule has 0 spiro atoms. The normalized spacial score (nSPS) is 2.80. The van der Waals surface area contributed by atoms with Crippen molar-refractivity contribution in [2.75, 3.05) is 49.8 Å². The molecule has 0 aliphatic carbocycles. The Hall–Kier alpha value is 0.382. The van der Waals surface area contributed by atoms with E-state index < -0.39 is 0 Å². The summed E-state index contributed by atoms with van der Waals surface area (Å²) in [6.07, 6.45) is 0. The number of hydrogen-bond donors (Lipinski definition) is 7. The third-order valence-corrected chi connectivity index (χ3v) is 0. The summed E-state index contributed by atoms with van der Waals surface area (Å²) in [7, 11) is 7.00. The van der Waals surface area contributed by atoms with E-state index in [1.165, 1.54) is 0 Å². The van der Waals surface area contributed by atoms with Crippen LogP contribution in [0.3, 0.4) is 0 Å². The van der Waals surface area contributed by atoms with Gasteiger partial charge in [-0.3, -0.25) is 0 Å². The predicted octanol–water partition coefficient (Wildman–Crippen LogP) is -2.74. The molecule has 7 nitrogen and oxygen atoms in total. The van der Waals surface area contributed by atoms with Gasteiger partial charge in [-0.1, -0.05) is 0 Å². The zero-order valence-electron chi connectivity index (χ0n) is 10.5. The number of aliphatic hydroxyl groups is 7. The molecule has 0 aromatic heterocycles. The van der Waals surface area contributed by atoms with Gasteiger partial charge < -0.3 is 35.7 Å². The Labute approximate surface area is 106 Å². The minimum Gasteiger partial charge on any atom is -0.400 e. The molecule has 0 unspecified atom stereocenters. The molecule has 0 aliphatic heterocycles. The topological polar surface area (TPSA) is 142 Å². The van der Waals surface area contributed by atoms with E-state index in [9.17, 15) is 0 Å². The maximum absolute atomic E-state index is 7.00. The summed E-state index contributed by atoms with van der Waals surface area (Å²) in [5.74, 6) is 0. The smallest absolute Gasteiger partial charge is 0.0319 e. The van der Waals surface area contributed by atoms with Crippen LogP contribution in [0.25, 0.3) is 0 Å². The Bertz CT molecular complexity index is 19.3. The Balaban J connectivity index is -0.00000000628. The third kappa shape index (κ3) is 15100. The minimum atomic E-state index is 0. The summed E-state index contributed by atoms with van der Waals surface area (Å²) in [5, 5.41) is 49.0. The van der Waals surface area contributed by atoms with Crippen molar-refractivity contribution < 1.29 is 56.2 Å². The molecule has 0 aromatic carbocycles. The standard InChI is InChI=1S/7CH4O.Re/c7*1-2;/h7*2H,1H3;. The molecule has 0 fully saturated rings. The monoisotopic (exact) mass is 411 g/mol. The van der Waals surface area contributed by atoms with Gasteiger partial charge in [-0.15, -0.1) is 0 Å². The molecule has 0 atom stereocenters. The molecule has 0 rings (SSSR count). The Morgan fingerprint density at radius 3 is 0.267 bits per heavy atom. The maximum atomic E-state index is 7.00. The molecule has 0 saturated heterocycles. The summed E-state index contributed by atoms with van der Waals surface area (Å²) in [6, 6.07) is 0. The van der Waals surface area contributed by atoms with Crippen molar-refractivity contribution in [3.63, 3.8) is 0 Å². The van der Waals surface area contributed by atoms with Crippen LogP contribution in [0.15, 0.2) is 0 Å². The van der Waals surface area contributed by atoms with E-state index in [4.69, 9.17) is 35.7 Å². The average molecular weight is 411 g/mol. The maximum Gasteiger partial charge on any atom is 0.0319 e. The van der Waals surface area contributed by atoms with Gasteiger partial charge >= 0.3 is 0 Å². The number of rotatable bonds is 0. The first-order chi connectivity index (χ1) is 7.00. The Kier molecular flexibility index (Phi) is 68600. The van der Waals surface area contributed by atoms with Crippen LogP contribution in [0.4, 0.5) is 0 Å². The summed E-state index contributed by atoms with van der Waals surface area (Å²) >= 11 is 0. The molecule has 0 saturated carbocycles. The van der Waals surface area contributed by atoms with Crippen LogP contribution in [0.5, 0.6) is 0 Å². The van der Waals surface area contributed by atoms with Crippen LogP contribution in [0.2, 0.25) is 0 Å². The SMILES string of the molecule is CO.CO.CO.CO.CO.CO.CO.[Re]. The molecule has 8 heteroatoms. The number of hydrogen-bond acceptors (Lipinski definition) is 7. The van der Waals surface area contributed by atoms with Crippen molar-refractivity contribution in [2.24, 2.45) is 0 Å². The van der Waals surface area contributed by atoms with E-state index in [1.54, 1.807) is 0 Å². The zero-order valence-corrected chi connectivity index (χ0v) is 13.2. The van der Waals surface area contributed by atoms with Crippen molar-refractivity contribution >= 4 is 0 Å². The second kappa shape index (κ2) is 17600. The van der Waals surface area contributed by atoms with E-state index in [-0.39, 0.29) is 20.4 Å². The predicted molar refractivity (Wildman–Crippen MR) is 57.0 cm³/mol. The number of aliphatic hydroxyl groups excluding tert-OH is 7. The molecule has 0 aromatic rings. The van der Waals surface area contributed by atoms with Crippen molar-refractivity contribution in [1.29, 1.82) is 0 Å². The van der Waals surface area contributed by atoms with Gasteiger partial charge in [0.25, 0.3) is 0 Å². The van der Waals surface area contributed by atoms with Crippen molar-refractivity contribution in [3.8, 4) is 0 Å². The molecular weight excluding hydrogens is 382 g/mol. The molecule has 1 radical (unpaired) electrons. The van der Waals surface area contributed by atoms with Gasteiger partial charge in [0.05, 0.1) is 0 Å². The fraction of sp³-hybridized carbons (Fsp3) is 1.00. The van der Waals surface area contributed by atoms with Gasteiger partial charge in [-0.05, 0) is 0 Å². The minimum absolute atomic E-state index is 0. The molecule has 0 amide bonds. The van der Waals surface area contributed by atoms with Crippen LogP contribution in [-0.2, 0) is 20.4 Å². The van der Waals surface area contributed by atoms with E-state index in [2.05, 4.69) is 0 Å². The molecular formula is C7H28O7Re. The Morgan fingerprint density at radius 2 is 0.267 bits per heavy atom. The summed E-state index contributed by atoms with van der Waals surface area (Å²) in [6.45, 7) is 0. The molecule has 15 heavy (non-hydrogen) atoms. The van der Waals surface area contributed by atoms with E-state index in [0.717, 1.165) is 49.8 Å². The van der Waals surface area contributed by atoms with Crippen molar-refractivity contribution in [1.82, 2.24) is 0 Å².